The second kappa shape index (κ2) is 3.50. The third kappa shape index (κ3) is 1.91. The highest BCUT2D eigenvalue weighted by Gasteiger charge is 2.24. The maximum atomic E-state index is 5.67. The Morgan fingerprint density at radius 3 is 3.00 bits per heavy atom. The molecule has 2 rings (SSSR count). The molecule has 1 aromatic heterocycles. The van der Waals surface area contributed by atoms with Gasteiger partial charge in [0.2, 0.25) is 0 Å². The number of nitrogens with two attached hydrogens (primary N) is 1. The van der Waals surface area contributed by atoms with Crippen molar-refractivity contribution in [1.29, 1.82) is 0 Å². The molecular formula is C10H16N2O. The van der Waals surface area contributed by atoms with Gasteiger partial charge in [-0.15, -0.1) is 0 Å². The van der Waals surface area contributed by atoms with E-state index in [1.807, 2.05) is 13.1 Å². The molecule has 72 valence electrons. The molecule has 0 spiro atoms. The number of aromatic nitrogens is 1. The fourth-order valence-electron chi connectivity index (χ4n) is 1.58. The van der Waals surface area contributed by atoms with Gasteiger partial charge in [0.15, 0.2) is 5.89 Å². The van der Waals surface area contributed by atoms with Gasteiger partial charge in [-0.05, 0) is 19.8 Å². The van der Waals surface area contributed by atoms with Gasteiger partial charge >= 0.3 is 0 Å². The van der Waals surface area contributed by atoms with Crippen molar-refractivity contribution in [2.75, 3.05) is 0 Å². The van der Waals surface area contributed by atoms with E-state index >= 15 is 0 Å². The molecule has 0 saturated heterocycles. The summed E-state index contributed by atoms with van der Waals surface area (Å²) in [6.07, 6.45) is 6.39. The number of hydrogen-bond donors (Lipinski definition) is 1. The van der Waals surface area contributed by atoms with Crippen molar-refractivity contribution >= 4 is 0 Å². The Morgan fingerprint density at radius 2 is 2.46 bits per heavy atom. The van der Waals surface area contributed by atoms with Crippen molar-refractivity contribution in [3.05, 3.63) is 17.8 Å². The minimum atomic E-state index is 0.155. The summed E-state index contributed by atoms with van der Waals surface area (Å²) in [5, 5.41) is 0. The largest absolute Gasteiger partial charge is 0.445 e. The lowest BCUT2D eigenvalue weighted by Gasteiger charge is -2.21. The monoisotopic (exact) mass is 180 g/mol. The summed E-state index contributed by atoms with van der Waals surface area (Å²) in [7, 11) is 0. The first-order chi connectivity index (χ1) is 6.25. The van der Waals surface area contributed by atoms with Crippen LogP contribution in [0.2, 0.25) is 0 Å². The molecule has 1 aliphatic rings. The lowest BCUT2D eigenvalue weighted by atomic mass is 9.85. The van der Waals surface area contributed by atoms with E-state index in [9.17, 15) is 0 Å². The maximum absolute atomic E-state index is 5.67. The molecule has 0 amide bonds. The normalized spacial score (nSPS) is 19.8. The van der Waals surface area contributed by atoms with Crippen molar-refractivity contribution in [1.82, 2.24) is 4.98 Å². The van der Waals surface area contributed by atoms with Crippen LogP contribution in [-0.2, 0) is 6.42 Å². The molecule has 13 heavy (non-hydrogen) atoms. The van der Waals surface area contributed by atoms with Crippen molar-refractivity contribution < 1.29 is 4.42 Å². The molecule has 1 atom stereocenters. The van der Waals surface area contributed by atoms with Gasteiger partial charge < -0.3 is 10.2 Å². The van der Waals surface area contributed by atoms with E-state index in [2.05, 4.69) is 4.98 Å². The number of oxazole rings is 1. The summed E-state index contributed by atoms with van der Waals surface area (Å²) in [5.74, 6) is 2.43. The first-order valence-electron chi connectivity index (χ1n) is 4.96. The third-order valence-electron chi connectivity index (χ3n) is 2.55. The van der Waals surface area contributed by atoms with Crippen LogP contribution in [0.5, 0.6) is 0 Å². The van der Waals surface area contributed by atoms with E-state index in [1.54, 1.807) is 0 Å². The second-order valence-corrected chi connectivity index (χ2v) is 3.97. The predicted octanol–water partition coefficient (Wildman–Crippen LogP) is 1.83. The minimum absolute atomic E-state index is 0.155. The molecule has 1 aliphatic carbocycles. The quantitative estimate of drug-likeness (QED) is 0.772. The van der Waals surface area contributed by atoms with E-state index in [0.717, 1.165) is 18.1 Å². The van der Waals surface area contributed by atoms with Crippen LogP contribution < -0.4 is 5.73 Å². The molecule has 0 aliphatic heterocycles. The fraction of sp³-hybridized carbons (Fsp3) is 0.700. The number of nitrogens with zero attached hydrogens (tertiary/aromatic N) is 1. The molecule has 2 N–H and O–H groups in total. The highest BCUT2D eigenvalue weighted by atomic mass is 16.4. The smallest absolute Gasteiger partial charge is 0.197 e. The zero-order chi connectivity index (χ0) is 9.26. The van der Waals surface area contributed by atoms with Crippen molar-refractivity contribution in [3.8, 4) is 0 Å². The van der Waals surface area contributed by atoms with E-state index in [1.165, 1.54) is 19.3 Å². The summed E-state index contributed by atoms with van der Waals surface area (Å²) in [4.78, 5) is 4.27. The molecule has 0 bridgehead atoms. The van der Waals surface area contributed by atoms with Crippen molar-refractivity contribution in [3.63, 3.8) is 0 Å². The van der Waals surface area contributed by atoms with E-state index < -0.39 is 0 Å². The summed E-state index contributed by atoms with van der Waals surface area (Å²) in [5.41, 5.74) is 5.67. The van der Waals surface area contributed by atoms with Gasteiger partial charge in [-0.3, -0.25) is 0 Å². The Hall–Kier alpha value is -0.830. The minimum Gasteiger partial charge on any atom is -0.445 e. The molecule has 1 fully saturated rings. The molecule has 3 heteroatoms. The molecule has 1 unspecified atom stereocenters. The highest BCUT2D eigenvalue weighted by Crippen LogP contribution is 2.35. The number of rotatable bonds is 3. The van der Waals surface area contributed by atoms with Crippen LogP contribution in [0, 0.1) is 0 Å². The van der Waals surface area contributed by atoms with Crippen molar-refractivity contribution in [2.45, 2.75) is 44.6 Å². The average molecular weight is 180 g/mol. The molecule has 3 nitrogen and oxygen atoms in total. The first-order valence-corrected chi connectivity index (χ1v) is 4.96. The van der Waals surface area contributed by atoms with Gasteiger partial charge in [0, 0.05) is 18.4 Å². The Balaban J connectivity index is 2.00. The predicted molar refractivity (Wildman–Crippen MR) is 50.4 cm³/mol. The Kier molecular flexibility index (Phi) is 2.36. The van der Waals surface area contributed by atoms with Crippen LogP contribution in [0.3, 0.4) is 0 Å². The van der Waals surface area contributed by atoms with Crippen LogP contribution in [0.15, 0.2) is 10.6 Å². The Morgan fingerprint density at radius 1 is 1.69 bits per heavy atom. The standard InChI is InChI=1S/C10H16N2O/c1-7(11)5-9-6-12-10(13-9)8-3-2-4-8/h6-8H,2-5,11H2,1H3. The van der Waals surface area contributed by atoms with Gasteiger partial charge in [-0.2, -0.15) is 0 Å². The molecule has 1 heterocycles. The summed E-state index contributed by atoms with van der Waals surface area (Å²) >= 11 is 0. The average Bonchev–Trinajstić information content (AvgIpc) is 2.31. The van der Waals surface area contributed by atoms with Crippen molar-refractivity contribution in [2.24, 2.45) is 5.73 Å². The topological polar surface area (TPSA) is 52.0 Å². The maximum Gasteiger partial charge on any atom is 0.197 e. The van der Waals surface area contributed by atoms with Gasteiger partial charge in [-0.1, -0.05) is 6.42 Å². The lowest BCUT2D eigenvalue weighted by molar-refractivity contribution is 0.323. The summed E-state index contributed by atoms with van der Waals surface area (Å²) in [6.45, 7) is 1.98. The molecule has 1 aromatic rings. The van der Waals surface area contributed by atoms with Crippen LogP contribution in [0.25, 0.3) is 0 Å². The Bertz CT molecular complexity index is 276. The van der Waals surface area contributed by atoms with Gasteiger partial charge in [-0.25, -0.2) is 4.98 Å². The molecule has 1 saturated carbocycles. The van der Waals surface area contributed by atoms with Gasteiger partial charge in [0.1, 0.15) is 5.76 Å². The van der Waals surface area contributed by atoms with E-state index in [0.29, 0.717) is 5.92 Å². The molecule has 0 aromatic carbocycles. The van der Waals surface area contributed by atoms with Gasteiger partial charge in [0.05, 0.1) is 6.20 Å². The SMILES string of the molecule is CC(N)Cc1cnc(C2CCC2)o1. The number of hydrogen-bond acceptors (Lipinski definition) is 3. The lowest BCUT2D eigenvalue weighted by Crippen LogP contribution is -2.17. The summed E-state index contributed by atoms with van der Waals surface area (Å²) < 4.78 is 5.61. The third-order valence-corrected chi connectivity index (χ3v) is 2.55. The summed E-state index contributed by atoms with van der Waals surface area (Å²) in [6, 6.07) is 0.155. The molecular weight excluding hydrogens is 164 g/mol. The second-order valence-electron chi connectivity index (χ2n) is 3.97. The zero-order valence-corrected chi connectivity index (χ0v) is 7.99. The van der Waals surface area contributed by atoms with E-state index in [-0.39, 0.29) is 6.04 Å². The van der Waals surface area contributed by atoms with Gasteiger partial charge in [0.25, 0.3) is 0 Å². The van der Waals surface area contributed by atoms with Crippen LogP contribution >= 0.6 is 0 Å². The fourth-order valence-corrected chi connectivity index (χ4v) is 1.58. The van der Waals surface area contributed by atoms with Crippen LogP contribution in [0.4, 0.5) is 0 Å². The first kappa shape index (κ1) is 8.75. The van der Waals surface area contributed by atoms with E-state index in [4.69, 9.17) is 10.2 Å². The van der Waals surface area contributed by atoms with Crippen LogP contribution in [0.1, 0.15) is 43.8 Å². The zero-order valence-electron chi connectivity index (χ0n) is 7.99. The highest BCUT2D eigenvalue weighted by molar-refractivity contribution is 5.02. The Labute approximate surface area is 78.3 Å². The molecule has 0 radical (unpaired) electrons. The van der Waals surface area contributed by atoms with Crippen LogP contribution in [-0.4, -0.2) is 11.0 Å².